The van der Waals surface area contributed by atoms with Gasteiger partial charge in [0.1, 0.15) is 12.2 Å². The lowest BCUT2D eigenvalue weighted by molar-refractivity contribution is -0.255. The number of hydrogen-bond acceptors (Lipinski definition) is 5. The molecule has 0 bridgehead atoms. The van der Waals surface area contributed by atoms with Crippen LogP contribution in [-0.4, -0.2) is 49.4 Å². The zero-order valence-electron chi connectivity index (χ0n) is 14.4. The van der Waals surface area contributed by atoms with Gasteiger partial charge in [0.05, 0.1) is 12.0 Å². The van der Waals surface area contributed by atoms with Crippen molar-refractivity contribution in [3.63, 3.8) is 0 Å². The summed E-state index contributed by atoms with van der Waals surface area (Å²) in [6.45, 7) is 2.00. The molecule has 1 saturated heterocycles. The third-order valence-corrected chi connectivity index (χ3v) is 4.57. The van der Waals surface area contributed by atoms with Gasteiger partial charge in [0.2, 0.25) is 5.91 Å². The van der Waals surface area contributed by atoms with Gasteiger partial charge in [-0.3, -0.25) is 14.2 Å². The van der Waals surface area contributed by atoms with E-state index in [2.05, 4.69) is 10.2 Å². The van der Waals surface area contributed by atoms with E-state index in [1.54, 1.807) is 15.8 Å². The number of halogens is 3. The molecule has 0 saturated carbocycles. The Morgan fingerprint density at radius 3 is 2.44 bits per heavy atom. The molecule has 0 aliphatic carbocycles. The normalized spacial score (nSPS) is 15.9. The smallest absolute Gasteiger partial charge is 0.435 e. The molecule has 1 amide bonds. The van der Waals surface area contributed by atoms with Gasteiger partial charge in [-0.15, -0.1) is 0 Å². The van der Waals surface area contributed by atoms with Crippen molar-refractivity contribution in [2.24, 2.45) is 0 Å². The van der Waals surface area contributed by atoms with Crippen LogP contribution in [0.4, 0.5) is 13.2 Å². The maximum atomic E-state index is 12.7. The highest BCUT2D eigenvalue weighted by Crippen LogP contribution is 2.28. The standard InChI is InChI=1S/C16H18F3N5O3/c1-10-8-13(16(17,18)19)21-24(10)9-14(25)22-5-2-11(3-6-22)23-7-4-12(20-23)15(26)27/h4,7-8,11H,2-3,5-6,9H2,1H3,(H,26,27)/p-1. The number of amides is 1. The zero-order chi connectivity index (χ0) is 19.8. The first-order chi connectivity index (χ1) is 12.6. The molecule has 0 N–H and O–H groups in total. The fourth-order valence-electron chi connectivity index (χ4n) is 3.07. The summed E-state index contributed by atoms with van der Waals surface area (Å²) in [6, 6.07) is 2.21. The van der Waals surface area contributed by atoms with Gasteiger partial charge in [0.25, 0.3) is 0 Å². The number of carboxylic acid groups (broad SMARTS) is 1. The van der Waals surface area contributed by atoms with E-state index in [1.165, 1.54) is 13.0 Å². The van der Waals surface area contributed by atoms with Crippen LogP contribution in [0.2, 0.25) is 0 Å². The summed E-state index contributed by atoms with van der Waals surface area (Å²) >= 11 is 0. The highest BCUT2D eigenvalue weighted by Gasteiger charge is 2.35. The van der Waals surface area contributed by atoms with Crippen LogP contribution in [0.15, 0.2) is 18.3 Å². The van der Waals surface area contributed by atoms with Crippen LogP contribution >= 0.6 is 0 Å². The van der Waals surface area contributed by atoms with Crippen LogP contribution in [0, 0.1) is 6.92 Å². The maximum absolute atomic E-state index is 12.7. The van der Waals surface area contributed by atoms with Crippen LogP contribution in [0.5, 0.6) is 0 Å². The summed E-state index contributed by atoms with van der Waals surface area (Å²) in [5.74, 6) is -1.67. The van der Waals surface area contributed by atoms with Crippen molar-refractivity contribution in [3.8, 4) is 0 Å². The van der Waals surface area contributed by atoms with E-state index in [4.69, 9.17) is 0 Å². The van der Waals surface area contributed by atoms with Crippen LogP contribution in [-0.2, 0) is 17.5 Å². The van der Waals surface area contributed by atoms with E-state index < -0.39 is 17.8 Å². The molecule has 8 nitrogen and oxygen atoms in total. The molecule has 1 aliphatic heterocycles. The van der Waals surface area contributed by atoms with E-state index >= 15 is 0 Å². The molecule has 2 aromatic rings. The maximum Gasteiger partial charge on any atom is 0.435 e. The Labute approximate surface area is 152 Å². The average Bonchev–Trinajstić information content (AvgIpc) is 3.22. The second-order valence-corrected chi connectivity index (χ2v) is 6.41. The van der Waals surface area contributed by atoms with Crippen molar-refractivity contribution >= 4 is 11.9 Å². The largest absolute Gasteiger partial charge is 0.543 e. The Bertz CT molecular complexity index is 850. The van der Waals surface area contributed by atoms with E-state index in [-0.39, 0.29) is 29.9 Å². The summed E-state index contributed by atoms with van der Waals surface area (Å²) in [7, 11) is 0. The van der Waals surface area contributed by atoms with Gasteiger partial charge in [0.15, 0.2) is 5.69 Å². The highest BCUT2D eigenvalue weighted by molar-refractivity contribution is 5.83. The summed E-state index contributed by atoms with van der Waals surface area (Å²) in [4.78, 5) is 24.7. The summed E-state index contributed by atoms with van der Waals surface area (Å²) in [5.41, 5.74) is -0.908. The molecule has 11 heteroatoms. The van der Waals surface area contributed by atoms with Gasteiger partial charge in [-0.25, -0.2) is 0 Å². The van der Waals surface area contributed by atoms with E-state index in [1.807, 2.05) is 0 Å². The Morgan fingerprint density at radius 1 is 1.26 bits per heavy atom. The number of aromatic nitrogens is 4. The first-order valence-corrected chi connectivity index (χ1v) is 8.31. The number of aromatic carboxylic acids is 1. The van der Waals surface area contributed by atoms with Gasteiger partial charge in [-0.1, -0.05) is 0 Å². The number of rotatable bonds is 4. The molecule has 0 atom stereocenters. The quantitative estimate of drug-likeness (QED) is 0.771. The Hall–Kier alpha value is -2.85. The fourth-order valence-corrected chi connectivity index (χ4v) is 3.07. The number of carbonyl (C=O) groups excluding carboxylic acids is 2. The summed E-state index contributed by atoms with van der Waals surface area (Å²) in [5, 5.41) is 18.2. The predicted octanol–water partition coefficient (Wildman–Crippen LogP) is 0.634. The molecular formula is C16H17F3N5O3-. The second-order valence-electron chi connectivity index (χ2n) is 6.41. The number of carboxylic acids is 1. The minimum absolute atomic E-state index is 0.0505. The lowest BCUT2D eigenvalue weighted by atomic mass is 10.1. The molecule has 1 aliphatic rings. The van der Waals surface area contributed by atoms with E-state index in [0.717, 1.165) is 10.7 Å². The molecule has 1 fully saturated rings. The molecule has 0 radical (unpaired) electrons. The third-order valence-electron chi connectivity index (χ3n) is 4.57. The molecule has 3 heterocycles. The van der Waals surface area contributed by atoms with Gasteiger partial charge in [-0.05, 0) is 31.9 Å². The van der Waals surface area contributed by atoms with Crippen LogP contribution < -0.4 is 5.11 Å². The van der Waals surface area contributed by atoms with Gasteiger partial charge in [-0.2, -0.15) is 23.4 Å². The number of hydrogen-bond donors (Lipinski definition) is 0. The molecule has 146 valence electrons. The molecule has 27 heavy (non-hydrogen) atoms. The van der Waals surface area contributed by atoms with Crippen molar-refractivity contribution in [1.29, 1.82) is 0 Å². The molecule has 0 spiro atoms. The van der Waals surface area contributed by atoms with Crippen molar-refractivity contribution in [3.05, 3.63) is 35.4 Å². The van der Waals surface area contributed by atoms with Gasteiger partial charge < -0.3 is 14.8 Å². The minimum atomic E-state index is -4.55. The third kappa shape index (κ3) is 4.12. The SMILES string of the molecule is Cc1cc(C(F)(F)F)nn1CC(=O)N1CCC(n2ccc(C(=O)[O-])n2)CC1. The lowest BCUT2D eigenvalue weighted by Crippen LogP contribution is -2.41. The Balaban J connectivity index is 1.58. The van der Waals surface area contributed by atoms with Gasteiger partial charge >= 0.3 is 6.18 Å². The number of aryl methyl sites for hydroxylation is 1. The van der Waals surface area contributed by atoms with Crippen molar-refractivity contribution in [2.45, 2.75) is 38.5 Å². The molecule has 0 aromatic carbocycles. The molecular weight excluding hydrogens is 367 g/mol. The Morgan fingerprint density at radius 2 is 1.93 bits per heavy atom. The monoisotopic (exact) mass is 384 g/mol. The van der Waals surface area contributed by atoms with Crippen LogP contribution in [0.25, 0.3) is 0 Å². The van der Waals surface area contributed by atoms with Crippen LogP contribution in [0.1, 0.15) is 40.8 Å². The first-order valence-electron chi connectivity index (χ1n) is 8.31. The zero-order valence-corrected chi connectivity index (χ0v) is 14.4. The predicted molar refractivity (Wildman–Crippen MR) is 83.4 cm³/mol. The fraction of sp³-hybridized carbons (Fsp3) is 0.500. The topological polar surface area (TPSA) is 96.1 Å². The summed E-state index contributed by atoms with van der Waals surface area (Å²) in [6.07, 6.45) is -1.87. The van der Waals surface area contributed by atoms with Crippen LogP contribution in [0.3, 0.4) is 0 Å². The lowest BCUT2D eigenvalue weighted by Gasteiger charge is -2.32. The Kier molecular flexibility index (Phi) is 4.94. The van der Waals surface area contributed by atoms with Crippen molar-refractivity contribution in [2.75, 3.05) is 13.1 Å². The number of nitrogens with zero attached hydrogens (tertiary/aromatic N) is 5. The number of alkyl halides is 3. The average molecular weight is 384 g/mol. The van der Waals surface area contributed by atoms with Gasteiger partial charge in [0, 0.05) is 25.0 Å². The number of likely N-dealkylation sites (tertiary alicyclic amines) is 1. The molecule has 0 unspecified atom stereocenters. The molecule has 3 rings (SSSR count). The summed E-state index contributed by atoms with van der Waals surface area (Å²) < 4.78 is 40.7. The van der Waals surface area contributed by atoms with E-state index in [9.17, 15) is 27.9 Å². The minimum Gasteiger partial charge on any atom is -0.543 e. The number of piperidine rings is 1. The highest BCUT2D eigenvalue weighted by atomic mass is 19.4. The second kappa shape index (κ2) is 7.05. The number of carbonyl (C=O) groups is 2. The van der Waals surface area contributed by atoms with E-state index in [0.29, 0.717) is 25.9 Å². The van der Waals surface area contributed by atoms with Crippen molar-refractivity contribution in [1.82, 2.24) is 24.5 Å². The first kappa shape index (κ1) is 18.9. The molecule has 2 aromatic heterocycles. The van der Waals surface area contributed by atoms with Crippen molar-refractivity contribution < 1.29 is 27.9 Å².